The maximum Gasteiger partial charge on any atom is 0.254 e. The molecule has 2 aliphatic heterocycles. The molecule has 4 rings (SSSR count). The van der Waals surface area contributed by atoms with Gasteiger partial charge in [-0.2, -0.15) is 0 Å². The SMILES string of the molecule is O=C(c1ccc2c(c1)OCCO2)N(CC1CCOC1)C1CCCCC1. The number of carbonyl (C=O) groups is 1. The second kappa shape index (κ2) is 7.65. The van der Waals surface area contributed by atoms with E-state index in [0.29, 0.717) is 36.5 Å². The van der Waals surface area contributed by atoms with Gasteiger partial charge >= 0.3 is 0 Å². The fourth-order valence-corrected chi connectivity index (χ4v) is 4.14. The minimum Gasteiger partial charge on any atom is -0.486 e. The first kappa shape index (κ1) is 16.7. The molecule has 0 bridgehead atoms. The Bertz CT molecular complexity index is 606. The van der Waals surface area contributed by atoms with E-state index in [4.69, 9.17) is 14.2 Å². The van der Waals surface area contributed by atoms with Crippen molar-refractivity contribution in [3.63, 3.8) is 0 Å². The standard InChI is InChI=1S/C20H27NO4/c22-20(16-6-7-18-19(12-16)25-11-10-24-18)21(13-15-8-9-23-14-15)17-4-2-1-3-5-17/h6-7,12,15,17H,1-5,8-11,13-14H2. The molecule has 0 radical (unpaired) electrons. The van der Waals surface area contributed by atoms with Gasteiger partial charge in [0.2, 0.25) is 0 Å². The largest absolute Gasteiger partial charge is 0.486 e. The maximum atomic E-state index is 13.3. The number of fused-ring (bicyclic) bond motifs is 1. The molecule has 2 heterocycles. The van der Waals surface area contributed by atoms with Crippen LogP contribution < -0.4 is 9.47 Å². The second-order valence-electron chi connectivity index (χ2n) is 7.34. The van der Waals surface area contributed by atoms with Crippen molar-refractivity contribution in [3.05, 3.63) is 23.8 Å². The summed E-state index contributed by atoms with van der Waals surface area (Å²) in [4.78, 5) is 15.4. The third-order valence-corrected chi connectivity index (χ3v) is 5.54. The summed E-state index contributed by atoms with van der Waals surface area (Å²) < 4.78 is 16.8. The monoisotopic (exact) mass is 345 g/mol. The van der Waals surface area contributed by atoms with Gasteiger partial charge in [-0.3, -0.25) is 4.79 Å². The number of hydrogen-bond acceptors (Lipinski definition) is 4. The predicted molar refractivity (Wildman–Crippen MR) is 94.3 cm³/mol. The van der Waals surface area contributed by atoms with Crippen LogP contribution >= 0.6 is 0 Å². The van der Waals surface area contributed by atoms with Crippen molar-refractivity contribution in [1.29, 1.82) is 0 Å². The quantitative estimate of drug-likeness (QED) is 0.840. The number of carbonyl (C=O) groups excluding carboxylic acids is 1. The molecule has 1 unspecified atom stereocenters. The third-order valence-electron chi connectivity index (χ3n) is 5.54. The molecule has 5 nitrogen and oxygen atoms in total. The van der Waals surface area contributed by atoms with E-state index >= 15 is 0 Å². The summed E-state index contributed by atoms with van der Waals surface area (Å²) in [7, 11) is 0. The average molecular weight is 345 g/mol. The van der Waals surface area contributed by atoms with Crippen molar-refractivity contribution in [2.75, 3.05) is 33.0 Å². The normalized spacial score (nSPS) is 23.4. The molecular formula is C20H27NO4. The van der Waals surface area contributed by atoms with Gasteiger partial charge in [0.1, 0.15) is 13.2 Å². The Kier molecular flexibility index (Phi) is 5.11. The highest BCUT2D eigenvalue weighted by atomic mass is 16.6. The highest BCUT2D eigenvalue weighted by Crippen LogP contribution is 2.32. The van der Waals surface area contributed by atoms with Crippen LogP contribution in [0.25, 0.3) is 0 Å². The van der Waals surface area contributed by atoms with Crippen LogP contribution in [0.2, 0.25) is 0 Å². The Morgan fingerprint density at radius 3 is 2.56 bits per heavy atom. The minimum atomic E-state index is 0.121. The van der Waals surface area contributed by atoms with Crippen molar-refractivity contribution >= 4 is 5.91 Å². The Labute approximate surface area is 149 Å². The van der Waals surface area contributed by atoms with Gasteiger partial charge in [0, 0.05) is 30.7 Å². The fourth-order valence-electron chi connectivity index (χ4n) is 4.14. The van der Waals surface area contributed by atoms with E-state index in [-0.39, 0.29) is 5.91 Å². The average Bonchev–Trinajstić information content (AvgIpc) is 3.19. The van der Waals surface area contributed by atoms with Crippen LogP contribution in [0.15, 0.2) is 18.2 Å². The number of ether oxygens (including phenoxy) is 3. The van der Waals surface area contributed by atoms with Gasteiger partial charge in [-0.1, -0.05) is 19.3 Å². The van der Waals surface area contributed by atoms with Crippen LogP contribution in [0, 0.1) is 5.92 Å². The second-order valence-corrected chi connectivity index (χ2v) is 7.34. The Hall–Kier alpha value is -1.75. The van der Waals surface area contributed by atoms with Crippen LogP contribution in [0.5, 0.6) is 11.5 Å². The predicted octanol–water partition coefficient (Wildman–Crippen LogP) is 3.27. The van der Waals surface area contributed by atoms with Crippen molar-refractivity contribution in [1.82, 2.24) is 4.90 Å². The molecular weight excluding hydrogens is 318 g/mol. The molecule has 0 N–H and O–H groups in total. The number of nitrogens with zero attached hydrogens (tertiary/aromatic N) is 1. The van der Waals surface area contributed by atoms with E-state index in [9.17, 15) is 4.79 Å². The first-order valence-electron chi connectivity index (χ1n) is 9.59. The molecule has 1 aromatic rings. The van der Waals surface area contributed by atoms with Gasteiger partial charge in [0.15, 0.2) is 11.5 Å². The molecule has 1 saturated heterocycles. The third kappa shape index (κ3) is 3.76. The maximum absolute atomic E-state index is 13.3. The summed E-state index contributed by atoms with van der Waals surface area (Å²) in [5.41, 5.74) is 0.703. The van der Waals surface area contributed by atoms with Gasteiger partial charge in [0.25, 0.3) is 5.91 Å². The molecule has 1 atom stereocenters. The first-order valence-corrected chi connectivity index (χ1v) is 9.59. The molecule has 1 aromatic carbocycles. The van der Waals surface area contributed by atoms with E-state index in [1.165, 1.54) is 19.3 Å². The summed E-state index contributed by atoms with van der Waals surface area (Å²) in [5.74, 6) is 2.00. The van der Waals surface area contributed by atoms with Crippen LogP contribution in [-0.4, -0.2) is 49.8 Å². The van der Waals surface area contributed by atoms with Gasteiger partial charge in [-0.15, -0.1) is 0 Å². The molecule has 3 aliphatic rings. The number of hydrogen-bond donors (Lipinski definition) is 0. The summed E-state index contributed by atoms with van der Waals surface area (Å²) in [6, 6.07) is 5.93. The minimum absolute atomic E-state index is 0.121. The molecule has 1 amide bonds. The molecule has 0 spiro atoms. The van der Waals surface area contributed by atoms with Gasteiger partial charge in [-0.05, 0) is 37.5 Å². The van der Waals surface area contributed by atoms with Crippen LogP contribution in [-0.2, 0) is 4.74 Å². The van der Waals surface area contributed by atoms with Crippen molar-refractivity contribution in [2.45, 2.75) is 44.6 Å². The van der Waals surface area contributed by atoms with E-state index in [1.807, 2.05) is 18.2 Å². The lowest BCUT2D eigenvalue weighted by atomic mass is 9.92. The van der Waals surface area contributed by atoms with E-state index < -0.39 is 0 Å². The molecule has 2 fully saturated rings. The van der Waals surface area contributed by atoms with Crippen LogP contribution in [0.3, 0.4) is 0 Å². The summed E-state index contributed by atoms with van der Waals surface area (Å²) in [6.45, 7) is 3.50. The van der Waals surface area contributed by atoms with Crippen LogP contribution in [0.4, 0.5) is 0 Å². The molecule has 5 heteroatoms. The topological polar surface area (TPSA) is 48.0 Å². The highest BCUT2D eigenvalue weighted by Gasteiger charge is 2.30. The zero-order valence-corrected chi connectivity index (χ0v) is 14.7. The highest BCUT2D eigenvalue weighted by molar-refractivity contribution is 5.95. The number of amides is 1. The Morgan fingerprint density at radius 2 is 1.80 bits per heavy atom. The van der Waals surface area contributed by atoms with Gasteiger partial charge in [-0.25, -0.2) is 0 Å². The molecule has 136 valence electrons. The van der Waals surface area contributed by atoms with Crippen LogP contribution in [0.1, 0.15) is 48.9 Å². The molecule has 1 saturated carbocycles. The van der Waals surface area contributed by atoms with Crippen molar-refractivity contribution in [2.24, 2.45) is 5.92 Å². The fraction of sp³-hybridized carbons (Fsp3) is 0.650. The molecule has 0 aromatic heterocycles. The van der Waals surface area contributed by atoms with Crippen molar-refractivity contribution < 1.29 is 19.0 Å². The summed E-state index contributed by atoms with van der Waals surface area (Å²) >= 11 is 0. The Balaban J connectivity index is 1.55. The molecule has 1 aliphatic carbocycles. The van der Waals surface area contributed by atoms with E-state index in [2.05, 4.69) is 4.90 Å². The summed E-state index contributed by atoms with van der Waals surface area (Å²) in [6.07, 6.45) is 7.01. The molecule has 25 heavy (non-hydrogen) atoms. The zero-order valence-electron chi connectivity index (χ0n) is 14.7. The van der Waals surface area contributed by atoms with Gasteiger partial charge in [0.05, 0.1) is 6.61 Å². The summed E-state index contributed by atoms with van der Waals surface area (Å²) in [5, 5.41) is 0. The van der Waals surface area contributed by atoms with Gasteiger partial charge < -0.3 is 19.1 Å². The van der Waals surface area contributed by atoms with Crippen molar-refractivity contribution in [3.8, 4) is 11.5 Å². The lowest BCUT2D eigenvalue weighted by Gasteiger charge is -2.36. The Morgan fingerprint density at radius 1 is 1.00 bits per heavy atom. The van der Waals surface area contributed by atoms with E-state index in [1.54, 1.807) is 0 Å². The zero-order chi connectivity index (χ0) is 17.1. The number of rotatable bonds is 4. The first-order chi connectivity index (χ1) is 12.3. The lowest BCUT2D eigenvalue weighted by molar-refractivity contribution is 0.0581. The smallest absolute Gasteiger partial charge is 0.254 e. The van der Waals surface area contributed by atoms with E-state index in [0.717, 1.165) is 44.8 Å². The lowest BCUT2D eigenvalue weighted by Crippen LogP contribution is -2.44. The number of benzene rings is 1.